The van der Waals surface area contributed by atoms with Gasteiger partial charge in [-0.05, 0) is 32.0 Å². The minimum Gasteiger partial charge on any atom is -0.344 e. The number of hydrogen-bond donors (Lipinski definition) is 1. The molecule has 20 heavy (non-hydrogen) atoms. The summed E-state index contributed by atoms with van der Waals surface area (Å²) in [6.45, 7) is 12.1. The van der Waals surface area contributed by atoms with E-state index in [9.17, 15) is 0 Å². The normalized spacial score (nSPS) is 15.9. The van der Waals surface area contributed by atoms with E-state index in [1.54, 1.807) is 6.20 Å². The van der Waals surface area contributed by atoms with Gasteiger partial charge >= 0.3 is 0 Å². The van der Waals surface area contributed by atoms with E-state index in [-0.39, 0.29) is 1.43 Å². The minimum atomic E-state index is 0. The van der Waals surface area contributed by atoms with Gasteiger partial charge in [-0.25, -0.2) is 9.98 Å². The molecule has 0 aromatic carbocycles. The van der Waals surface area contributed by atoms with Crippen LogP contribution in [0.25, 0.3) is 0 Å². The lowest BCUT2D eigenvalue weighted by molar-refractivity contribution is 0.641. The van der Waals surface area contributed by atoms with E-state index in [1.165, 1.54) is 19.0 Å². The Kier molecular flexibility index (Phi) is 4.65. The number of rotatable bonds is 3. The number of nitrogens with zero attached hydrogens (tertiary/aromatic N) is 4. The highest BCUT2D eigenvalue weighted by atomic mass is 15.2. The third-order valence-corrected chi connectivity index (χ3v) is 3.13. The first-order valence-corrected chi connectivity index (χ1v) is 6.57. The van der Waals surface area contributed by atoms with Gasteiger partial charge in [-0.15, -0.1) is 0 Å². The van der Waals surface area contributed by atoms with Crippen molar-refractivity contribution in [1.29, 1.82) is 0 Å². The van der Waals surface area contributed by atoms with Crippen molar-refractivity contribution in [2.75, 3.05) is 16.8 Å². The standard InChI is InChI=1S/C15H19N5.H2/c1-4-18-15(16-3)19-13-9-14(11-17-10-13)20-8-6-5-7-12(20)2;/h4,9-11H,1-3,5-8H2,(H,18,19);1H. The molecule has 106 valence electrons. The van der Waals surface area contributed by atoms with Crippen molar-refractivity contribution in [3.05, 3.63) is 43.5 Å². The Morgan fingerprint density at radius 1 is 1.45 bits per heavy atom. The molecule has 1 saturated heterocycles. The molecule has 1 aromatic heterocycles. The summed E-state index contributed by atoms with van der Waals surface area (Å²) in [5.74, 6) is 0.399. The van der Waals surface area contributed by atoms with E-state index in [0.717, 1.165) is 30.0 Å². The van der Waals surface area contributed by atoms with Crippen LogP contribution in [0.4, 0.5) is 11.4 Å². The number of aliphatic imine (C=N–C) groups is 2. The van der Waals surface area contributed by atoms with Crippen molar-refractivity contribution in [3.8, 4) is 0 Å². The van der Waals surface area contributed by atoms with Gasteiger partial charge in [0.25, 0.3) is 0 Å². The first-order valence-electron chi connectivity index (χ1n) is 6.57. The summed E-state index contributed by atoms with van der Waals surface area (Å²) < 4.78 is 0. The van der Waals surface area contributed by atoms with Gasteiger partial charge in [-0.2, -0.15) is 0 Å². The Labute approximate surface area is 121 Å². The molecule has 0 spiro atoms. The average Bonchev–Trinajstić information content (AvgIpc) is 2.47. The van der Waals surface area contributed by atoms with Gasteiger partial charge in [0.05, 0.1) is 23.8 Å². The molecule has 0 atom stereocenters. The molecule has 5 heteroatoms. The van der Waals surface area contributed by atoms with Crippen molar-refractivity contribution >= 4 is 24.1 Å². The zero-order valence-electron chi connectivity index (χ0n) is 11.5. The lowest BCUT2D eigenvalue weighted by atomic mass is 10.1. The molecular formula is C15H21N5. The predicted octanol–water partition coefficient (Wildman–Crippen LogP) is 3.44. The monoisotopic (exact) mass is 271 g/mol. The summed E-state index contributed by atoms with van der Waals surface area (Å²) in [6, 6.07) is 2.01. The number of hydrogen-bond acceptors (Lipinski definition) is 3. The number of guanidine groups is 1. The highest BCUT2D eigenvalue weighted by Gasteiger charge is 2.15. The van der Waals surface area contributed by atoms with Crippen LogP contribution in [0.15, 0.2) is 53.5 Å². The second-order valence-corrected chi connectivity index (χ2v) is 4.53. The Morgan fingerprint density at radius 3 is 3.00 bits per heavy atom. The quantitative estimate of drug-likeness (QED) is 0.676. The molecule has 1 aliphatic rings. The van der Waals surface area contributed by atoms with Gasteiger partial charge in [0.1, 0.15) is 0 Å². The third-order valence-electron chi connectivity index (χ3n) is 3.13. The van der Waals surface area contributed by atoms with Gasteiger partial charge in [0.2, 0.25) is 5.96 Å². The average molecular weight is 271 g/mol. The molecule has 0 bridgehead atoms. The Hall–Kier alpha value is -2.43. The van der Waals surface area contributed by atoms with Crippen LogP contribution in [0.5, 0.6) is 0 Å². The third kappa shape index (κ3) is 3.32. The SMILES string of the molecule is C=CN=C(N=C)Nc1cncc(N2CCCCC2=C)c1.[HH]. The number of piperidine rings is 1. The van der Waals surface area contributed by atoms with E-state index < -0.39 is 0 Å². The fraction of sp³-hybridized carbons (Fsp3) is 0.267. The summed E-state index contributed by atoms with van der Waals surface area (Å²) in [7, 11) is 0. The number of nitrogens with one attached hydrogen (secondary N) is 1. The Balaban J connectivity index is 0.00000220. The fourth-order valence-electron chi connectivity index (χ4n) is 2.18. The molecule has 1 N–H and O–H groups in total. The maximum atomic E-state index is 4.25. The zero-order chi connectivity index (χ0) is 14.4. The minimum absolute atomic E-state index is 0. The number of pyridine rings is 1. The van der Waals surface area contributed by atoms with Gasteiger partial charge in [0, 0.05) is 19.9 Å². The molecule has 1 aromatic rings. The Bertz CT molecular complexity index is 553. The van der Waals surface area contributed by atoms with Gasteiger partial charge < -0.3 is 10.2 Å². The van der Waals surface area contributed by atoms with E-state index in [2.05, 4.69) is 45.1 Å². The lowest BCUT2D eigenvalue weighted by Crippen LogP contribution is -2.27. The molecule has 1 aliphatic heterocycles. The highest BCUT2D eigenvalue weighted by Crippen LogP contribution is 2.27. The largest absolute Gasteiger partial charge is 0.344 e. The first kappa shape index (κ1) is 14.0. The molecule has 1 fully saturated rings. The summed E-state index contributed by atoms with van der Waals surface area (Å²) >= 11 is 0. The number of anilines is 2. The van der Waals surface area contributed by atoms with Crippen LogP contribution in [-0.4, -0.2) is 24.2 Å². The van der Waals surface area contributed by atoms with Crippen LogP contribution in [0.2, 0.25) is 0 Å². The van der Waals surface area contributed by atoms with E-state index in [0.29, 0.717) is 5.96 Å². The van der Waals surface area contributed by atoms with Crippen LogP contribution in [-0.2, 0) is 0 Å². The van der Waals surface area contributed by atoms with Crippen molar-refractivity contribution in [1.82, 2.24) is 4.98 Å². The van der Waals surface area contributed by atoms with Crippen molar-refractivity contribution in [3.63, 3.8) is 0 Å². The van der Waals surface area contributed by atoms with Crippen LogP contribution in [0.1, 0.15) is 20.7 Å². The zero-order valence-corrected chi connectivity index (χ0v) is 11.5. The molecular weight excluding hydrogens is 250 g/mol. The number of aromatic nitrogens is 1. The van der Waals surface area contributed by atoms with E-state index >= 15 is 0 Å². The summed E-state index contributed by atoms with van der Waals surface area (Å²) in [4.78, 5) is 14.2. The predicted molar refractivity (Wildman–Crippen MR) is 87.5 cm³/mol. The molecule has 0 unspecified atom stereocenters. The van der Waals surface area contributed by atoms with Crippen molar-refractivity contribution in [2.45, 2.75) is 19.3 Å². The number of allylic oxidation sites excluding steroid dienone is 1. The van der Waals surface area contributed by atoms with E-state index in [1.807, 2.05) is 12.3 Å². The molecule has 0 amide bonds. The smallest absolute Gasteiger partial charge is 0.226 e. The van der Waals surface area contributed by atoms with Crippen LogP contribution in [0, 0.1) is 0 Å². The molecule has 2 heterocycles. The highest BCUT2D eigenvalue weighted by molar-refractivity contribution is 5.96. The summed E-state index contributed by atoms with van der Waals surface area (Å²) in [5.41, 5.74) is 2.98. The fourth-order valence-corrected chi connectivity index (χ4v) is 2.18. The second-order valence-electron chi connectivity index (χ2n) is 4.53. The first-order chi connectivity index (χ1) is 9.74. The second kappa shape index (κ2) is 6.65. The van der Waals surface area contributed by atoms with Gasteiger partial charge in [0.15, 0.2) is 0 Å². The summed E-state index contributed by atoms with van der Waals surface area (Å²) in [6.07, 6.45) is 8.40. The Morgan fingerprint density at radius 2 is 2.30 bits per heavy atom. The van der Waals surface area contributed by atoms with Crippen LogP contribution < -0.4 is 10.2 Å². The lowest BCUT2D eigenvalue weighted by Gasteiger charge is -2.30. The molecule has 2 rings (SSSR count). The topological polar surface area (TPSA) is 52.9 Å². The molecule has 0 radical (unpaired) electrons. The maximum Gasteiger partial charge on any atom is 0.226 e. The molecule has 5 nitrogen and oxygen atoms in total. The maximum absolute atomic E-state index is 4.25. The van der Waals surface area contributed by atoms with E-state index in [4.69, 9.17) is 0 Å². The van der Waals surface area contributed by atoms with Gasteiger partial charge in [-0.3, -0.25) is 4.98 Å². The van der Waals surface area contributed by atoms with Crippen molar-refractivity contribution in [2.24, 2.45) is 9.98 Å². The van der Waals surface area contributed by atoms with Crippen LogP contribution >= 0.6 is 0 Å². The molecule has 0 aliphatic carbocycles. The van der Waals surface area contributed by atoms with Crippen LogP contribution in [0.3, 0.4) is 0 Å². The molecule has 0 saturated carbocycles. The van der Waals surface area contributed by atoms with Gasteiger partial charge in [-0.1, -0.05) is 13.2 Å². The van der Waals surface area contributed by atoms with Crippen molar-refractivity contribution < 1.29 is 1.43 Å². The summed E-state index contributed by atoms with van der Waals surface area (Å²) in [5, 5.41) is 3.05.